The monoisotopic (exact) mass is 273 g/mol. The molecule has 1 aromatic carbocycles. The predicted molar refractivity (Wildman–Crippen MR) is 74.5 cm³/mol. The number of hydrogen-bond acceptors (Lipinski definition) is 2. The summed E-state index contributed by atoms with van der Waals surface area (Å²) < 4.78 is 0. The van der Waals surface area contributed by atoms with E-state index in [2.05, 4.69) is 5.32 Å². The Kier molecular flexibility index (Phi) is 3.24. The van der Waals surface area contributed by atoms with E-state index in [1.807, 2.05) is 24.3 Å². The van der Waals surface area contributed by atoms with Crippen molar-refractivity contribution >= 4 is 11.9 Å². The fourth-order valence-electron chi connectivity index (χ4n) is 3.53. The first-order chi connectivity index (χ1) is 9.60. The molecule has 106 valence electrons. The Hall–Kier alpha value is -1.84. The quantitative estimate of drug-likeness (QED) is 0.884. The summed E-state index contributed by atoms with van der Waals surface area (Å²) in [6.07, 6.45) is 4.35. The smallest absolute Gasteiger partial charge is 0.305 e. The van der Waals surface area contributed by atoms with Crippen molar-refractivity contribution in [2.45, 2.75) is 50.0 Å². The fourth-order valence-corrected chi connectivity index (χ4v) is 3.53. The average Bonchev–Trinajstić information content (AvgIpc) is 2.78. The first-order valence-electron chi connectivity index (χ1n) is 7.21. The van der Waals surface area contributed by atoms with Gasteiger partial charge in [-0.15, -0.1) is 0 Å². The Morgan fingerprint density at radius 1 is 1.25 bits per heavy atom. The van der Waals surface area contributed by atoms with Crippen LogP contribution in [0.15, 0.2) is 24.3 Å². The zero-order valence-electron chi connectivity index (χ0n) is 11.4. The number of hydrogen-bond donors (Lipinski definition) is 2. The number of carboxylic acids is 1. The number of benzene rings is 1. The van der Waals surface area contributed by atoms with Crippen LogP contribution >= 0.6 is 0 Å². The zero-order valence-corrected chi connectivity index (χ0v) is 11.4. The molecule has 1 fully saturated rings. The van der Waals surface area contributed by atoms with E-state index in [4.69, 9.17) is 5.11 Å². The minimum Gasteiger partial charge on any atom is -0.481 e. The van der Waals surface area contributed by atoms with Gasteiger partial charge in [0.15, 0.2) is 0 Å². The van der Waals surface area contributed by atoms with E-state index in [0.717, 1.165) is 37.7 Å². The van der Waals surface area contributed by atoms with Gasteiger partial charge in [-0.25, -0.2) is 0 Å². The Balaban J connectivity index is 1.71. The Morgan fingerprint density at radius 2 is 1.95 bits per heavy atom. The van der Waals surface area contributed by atoms with Gasteiger partial charge in [0.1, 0.15) is 0 Å². The fraction of sp³-hybridized carbons (Fsp3) is 0.500. The van der Waals surface area contributed by atoms with Crippen molar-refractivity contribution in [3.05, 3.63) is 35.4 Å². The molecule has 0 aliphatic heterocycles. The molecule has 20 heavy (non-hydrogen) atoms. The third-order valence-electron chi connectivity index (χ3n) is 4.61. The maximum absolute atomic E-state index is 12.4. The second kappa shape index (κ2) is 4.93. The van der Waals surface area contributed by atoms with E-state index in [9.17, 15) is 9.59 Å². The summed E-state index contributed by atoms with van der Waals surface area (Å²) in [5, 5.41) is 12.1. The molecule has 0 aromatic heterocycles. The number of carboxylic acid groups (broad SMARTS) is 1. The molecular weight excluding hydrogens is 254 g/mol. The summed E-state index contributed by atoms with van der Waals surface area (Å²) >= 11 is 0. The molecule has 1 unspecified atom stereocenters. The van der Waals surface area contributed by atoms with Gasteiger partial charge in [-0.2, -0.15) is 0 Å². The van der Waals surface area contributed by atoms with Crippen LogP contribution in [0.3, 0.4) is 0 Å². The molecule has 1 atom stereocenters. The molecule has 0 saturated heterocycles. The standard InChI is InChI=1S/C16H19NO3/c18-14(19)10-16(7-3-4-8-16)17-15(20)13-9-11-5-1-2-6-12(11)13/h1-2,5-6,13H,3-4,7-10H2,(H,17,20)(H,18,19). The Labute approximate surface area is 118 Å². The molecule has 0 bridgehead atoms. The van der Waals surface area contributed by atoms with Crippen molar-refractivity contribution < 1.29 is 14.7 Å². The molecule has 1 amide bonds. The molecule has 4 heteroatoms. The molecule has 0 heterocycles. The highest BCUT2D eigenvalue weighted by molar-refractivity contribution is 5.88. The SMILES string of the molecule is O=C(O)CC1(NC(=O)C2Cc3ccccc32)CCCC1. The van der Waals surface area contributed by atoms with Crippen LogP contribution in [0.5, 0.6) is 0 Å². The van der Waals surface area contributed by atoms with Crippen LogP contribution in [-0.2, 0) is 16.0 Å². The highest BCUT2D eigenvalue weighted by atomic mass is 16.4. The number of rotatable bonds is 4. The molecule has 1 saturated carbocycles. The third-order valence-corrected chi connectivity index (χ3v) is 4.61. The Bertz CT molecular complexity index is 546. The molecular formula is C16H19NO3. The molecule has 3 rings (SSSR count). The van der Waals surface area contributed by atoms with Gasteiger partial charge in [0, 0.05) is 0 Å². The van der Waals surface area contributed by atoms with Crippen LogP contribution < -0.4 is 5.32 Å². The van der Waals surface area contributed by atoms with E-state index in [-0.39, 0.29) is 18.2 Å². The molecule has 2 aliphatic carbocycles. The molecule has 4 nitrogen and oxygen atoms in total. The van der Waals surface area contributed by atoms with Gasteiger partial charge in [-0.05, 0) is 30.4 Å². The topological polar surface area (TPSA) is 66.4 Å². The lowest BCUT2D eigenvalue weighted by Gasteiger charge is -2.35. The van der Waals surface area contributed by atoms with Gasteiger partial charge >= 0.3 is 5.97 Å². The molecule has 0 spiro atoms. The van der Waals surface area contributed by atoms with E-state index in [1.165, 1.54) is 5.56 Å². The minimum atomic E-state index is -0.832. The zero-order chi connectivity index (χ0) is 14.2. The normalized spacial score (nSPS) is 22.7. The van der Waals surface area contributed by atoms with Gasteiger partial charge in [-0.3, -0.25) is 9.59 Å². The van der Waals surface area contributed by atoms with Gasteiger partial charge < -0.3 is 10.4 Å². The second-order valence-corrected chi connectivity index (χ2v) is 6.00. The van der Waals surface area contributed by atoms with Crippen LogP contribution in [-0.4, -0.2) is 22.5 Å². The summed E-state index contributed by atoms with van der Waals surface area (Å²) in [5.41, 5.74) is 1.80. The maximum atomic E-state index is 12.4. The van der Waals surface area contributed by atoms with Crippen molar-refractivity contribution in [3.63, 3.8) is 0 Å². The lowest BCUT2D eigenvalue weighted by atomic mass is 9.76. The first-order valence-corrected chi connectivity index (χ1v) is 7.21. The summed E-state index contributed by atoms with van der Waals surface area (Å²) in [6.45, 7) is 0. The lowest BCUT2D eigenvalue weighted by molar-refractivity contribution is -0.139. The van der Waals surface area contributed by atoms with Crippen molar-refractivity contribution in [1.82, 2.24) is 5.32 Å². The Morgan fingerprint density at radius 3 is 2.60 bits per heavy atom. The lowest BCUT2D eigenvalue weighted by Crippen LogP contribution is -2.50. The maximum Gasteiger partial charge on any atom is 0.305 e. The molecule has 2 aliphatic rings. The van der Waals surface area contributed by atoms with Crippen LogP contribution in [0, 0.1) is 0 Å². The molecule has 1 aromatic rings. The number of fused-ring (bicyclic) bond motifs is 1. The highest BCUT2D eigenvalue weighted by Crippen LogP contribution is 2.38. The third kappa shape index (κ3) is 2.30. The van der Waals surface area contributed by atoms with E-state index in [0.29, 0.717) is 0 Å². The molecule has 2 N–H and O–H groups in total. The van der Waals surface area contributed by atoms with Gasteiger partial charge in [0.2, 0.25) is 5.91 Å². The highest BCUT2D eigenvalue weighted by Gasteiger charge is 2.41. The van der Waals surface area contributed by atoms with Crippen LogP contribution in [0.4, 0.5) is 0 Å². The first kappa shape index (κ1) is 13.2. The van der Waals surface area contributed by atoms with E-state index < -0.39 is 11.5 Å². The van der Waals surface area contributed by atoms with Gasteiger partial charge in [-0.1, -0.05) is 37.1 Å². The summed E-state index contributed by atoms with van der Waals surface area (Å²) in [4.78, 5) is 23.5. The van der Waals surface area contributed by atoms with Crippen LogP contribution in [0.1, 0.15) is 49.1 Å². The largest absolute Gasteiger partial charge is 0.481 e. The summed E-state index contributed by atoms with van der Waals surface area (Å²) in [6, 6.07) is 7.96. The van der Waals surface area contributed by atoms with Gasteiger partial charge in [0.25, 0.3) is 0 Å². The number of aliphatic carboxylic acids is 1. The van der Waals surface area contributed by atoms with Crippen LogP contribution in [0.25, 0.3) is 0 Å². The summed E-state index contributed by atoms with van der Waals surface area (Å²) in [5.74, 6) is -0.939. The summed E-state index contributed by atoms with van der Waals surface area (Å²) in [7, 11) is 0. The van der Waals surface area contributed by atoms with E-state index >= 15 is 0 Å². The van der Waals surface area contributed by atoms with Gasteiger partial charge in [0.05, 0.1) is 17.9 Å². The number of amides is 1. The van der Waals surface area contributed by atoms with Crippen molar-refractivity contribution in [2.24, 2.45) is 0 Å². The number of nitrogens with one attached hydrogen (secondary N) is 1. The number of carbonyl (C=O) groups is 2. The van der Waals surface area contributed by atoms with E-state index in [1.54, 1.807) is 0 Å². The predicted octanol–water partition coefficient (Wildman–Crippen LogP) is 2.23. The number of carbonyl (C=O) groups excluding carboxylic acids is 1. The van der Waals surface area contributed by atoms with Crippen molar-refractivity contribution in [2.75, 3.05) is 0 Å². The van der Waals surface area contributed by atoms with Crippen molar-refractivity contribution in [3.8, 4) is 0 Å². The second-order valence-electron chi connectivity index (χ2n) is 6.00. The molecule has 0 radical (unpaired) electrons. The average molecular weight is 273 g/mol. The minimum absolute atomic E-state index is 0.00755. The van der Waals surface area contributed by atoms with Crippen molar-refractivity contribution in [1.29, 1.82) is 0 Å². The van der Waals surface area contributed by atoms with Crippen LogP contribution in [0.2, 0.25) is 0 Å².